The predicted octanol–water partition coefficient (Wildman–Crippen LogP) is 3.61. The third-order valence-corrected chi connectivity index (χ3v) is 5.35. The number of piperidine rings is 1. The molecule has 3 saturated heterocycles. The van der Waals surface area contributed by atoms with Crippen molar-refractivity contribution in [3.05, 3.63) is 54.1 Å². The second-order valence-electron chi connectivity index (χ2n) is 6.85. The van der Waals surface area contributed by atoms with Crippen LogP contribution < -0.4 is 4.74 Å². The van der Waals surface area contributed by atoms with Crippen molar-refractivity contribution in [3.8, 4) is 29.2 Å². The summed E-state index contributed by atoms with van der Waals surface area (Å²) in [7, 11) is 0. The lowest BCUT2D eigenvalue weighted by molar-refractivity contribution is 0.131. The van der Waals surface area contributed by atoms with E-state index >= 15 is 0 Å². The summed E-state index contributed by atoms with van der Waals surface area (Å²) < 4.78 is 5.51. The Kier molecular flexibility index (Phi) is 4.64. The lowest BCUT2D eigenvalue weighted by Gasteiger charge is -2.30. The summed E-state index contributed by atoms with van der Waals surface area (Å²) in [4.78, 5) is 16.7. The Labute approximate surface area is 154 Å². The van der Waals surface area contributed by atoms with Crippen LogP contribution in [0.1, 0.15) is 18.4 Å². The Hall–Kier alpha value is -2.77. The van der Waals surface area contributed by atoms with Gasteiger partial charge in [-0.05, 0) is 36.1 Å². The van der Waals surface area contributed by atoms with Gasteiger partial charge >= 0.3 is 6.09 Å². The van der Waals surface area contributed by atoms with E-state index in [2.05, 4.69) is 35.1 Å². The van der Waals surface area contributed by atoms with Gasteiger partial charge in [0.2, 0.25) is 0 Å². The highest BCUT2D eigenvalue weighted by molar-refractivity contribution is 5.75. The summed E-state index contributed by atoms with van der Waals surface area (Å²) in [6.07, 6.45) is 7.22. The van der Waals surface area contributed by atoms with Gasteiger partial charge in [0.05, 0.1) is 5.56 Å². The second-order valence-corrected chi connectivity index (χ2v) is 6.85. The van der Waals surface area contributed by atoms with Gasteiger partial charge in [0.15, 0.2) is 0 Å². The summed E-state index contributed by atoms with van der Waals surface area (Å²) in [5.74, 6) is 3.02. The van der Waals surface area contributed by atoms with Crippen LogP contribution in [-0.4, -0.2) is 48.1 Å². The zero-order valence-electron chi connectivity index (χ0n) is 14.7. The van der Waals surface area contributed by atoms with Gasteiger partial charge in [0.25, 0.3) is 0 Å². The van der Waals surface area contributed by atoms with Crippen LogP contribution in [0.25, 0.3) is 11.1 Å². The molecule has 5 aliphatic rings. The Morgan fingerprint density at radius 2 is 1.62 bits per heavy atom. The van der Waals surface area contributed by atoms with Crippen LogP contribution >= 0.6 is 0 Å². The van der Waals surface area contributed by atoms with Gasteiger partial charge in [-0.1, -0.05) is 42.3 Å². The Bertz CT molecular complexity index is 809. The molecule has 1 aromatic carbocycles. The standard InChI is InChI=1S/C16H18N2O2.C6H4/c1-2-13-5-3-4-6-15(13)20-16(19)18-12-11-17-9-7-14(18)8-10-17;1-2-6-4-3-5(1)6/h1,3-6,14H,7-12H2;1-4H. The minimum absolute atomic E-state index is 0.276. The van der Waals surface area contributed by atoms with Crippen molar-refractivity contribution >= 4 is 6.09 Å². The Balaban J connectivity index is 0.000000233. The van der Waals surface area contributed by atoms with Crippen LogP contribution in [0.4, 0.5) is 4.79 Å². The molecule has 1 amide bonds. The molecule has 0 saturated carbocycles. The molecule has 0 N–H and O–H groups in total. The molecule has 3 heterocycles. The number of terminal acetylenes is 1. The second kappa shape index (κ2) is 7.23. The van der Waals surface area contributed by atoms with Gasteiger partial charge in [-0.2, -0.15) is 0 Å². The van der Waals surface area contributed by atoms with Gasteiger partial charge in [-0.25, -0.2) is 4.79 Å². The molecule has 26 heavy (non-hydrogen) atoms. The molecule has 0 spiro atoms. The van der Waals surface area contributed by atoms with Crippen molar-refractivity contribution in [2.75, 3.05) is 26.2 Å². The summed E-state index contributed by atoms with van der Waals surface area (Å²) in [6, 6.07) is 16.0. The van der Waals surface area contributed by atoms with Gasteiger partial charge in [-0.15, -0.1) is 6.42 Å². The molecule has 0 atom stereocenters. The van der Waals surface area contributed by atoms with Crippen LogP contribution in [0.15, 0.2) is 48.5 Å². The van der Waals surface area contributed by atoms with Gasteiger partial charge in [0.1, 0.15) is 5.75 Å². The number of benzene rings is 2. The highest BCUT2D eigenvalue weighted by Gasteiger charge is 2.33. The maximum absolute atomic E-state index is 12.4. The summed E-state index contributed by atoms with van der Waals surface area (Å²) >= 11 is 0. The van der Waals surface area contributed by atoms with E-state index in [4.69, 9.17) is 11.2 Å². The Morgan fingerprint density at radius 1 is 0.962 bits per heavy atom. The van der Waals surface area contributed by atoms with E-state index in [0.29, 0.717) is 17.4 Å². The molecule has 4 nitrogen and oxygen atoms in total. The zero-order chi connectivity index (χ0) is 17.9. The zero-order valence-corrected chi connectivity index (χ0v) is 14.7. The quantitative estimate of drug-likeness (QED) is 0.631. The van der Waals surface area contributed by atoms with Crippen LogP contribution in [0.5, 0.6) is 5.75 Å². The van der Waals surface area contributed by atoms with Crippen LogP contribution in [0.3, 0.4) is 0 Å². The number of ether oxygens (including phenoxy) is 1. The molecule has 2 aliphatic carbocycles. The lowest BCUT2D eigenvalue weighted by atomic mass is 9.95. The molecular weight excluding hydrogens is 324 g/mol. The minimum Gasteiger partial charge on any atom is -0.409 e. The molecule has 4 heteroatoms. The summed E-state index contributed by atoms with van der Waals surface area (Å²) in [5.41, 5.74) is 3.47. The van der Waals surface area contributed by atoms with Crippen molar-refractivity contribution in [3.63, 3.8) is 0 Å². The normalized spacial score (nSPS) is 21.7. The number of fused-ring (bicyclic) bond motifs is 5. The summed E-state index contributed by atoms with van der Waals surface area (Å²) in [5, 5.41) is 0. The molecule has 6 rings (SSSR count). The number of hydrogen-bond acceptors (Lipinski definition) is 3. The number of nitrogens with zero attached hydrogens (tertiary/aromatic N) is 2. The molecular formula is C22H22N2O2. The molecule has 3 aliphatic heterocycles. The van der Waals surface area contributed by atoms with Crippen molar-refractivity contribution < 1.29 is 9.53 Å². The summed E-state index contributed by atoms with van der Waals surface area (Å²) in [6.45, 7) is 3.83. The topological polar surface area (TPSA) is 32.8 Å². The van der Waals surface area contributed by atoms with E-state index in [1.54, 1.807) is 12.1 Å². The molecule has 2 bridgehead atoms. The van der Waals surface area contributed by atoms with Crippen molar-refractivity contribution in [2.24, 2.45) is 0 Å². The van der Waals surface area contributed by atoms with E-state index in [1.165, 1.54) is 11.1 Å². The molecule has 0 radical (unpaired) electrons. The number of para-hydroxylation sites is 1. The van der Waals surface area contributed by atoms with Crippen LogP contribution in [-0.2, 0) is 0 Å². The lowest BCUT2D eigenvalue weighted by Crippen LogP contribution is -2.43. The molecule has 0 unspecified atom stereocenters. The van der Waals surface area contributed by atoms with Gasteiger partial charge in [-0.3, -0.25) is 0 Å². The third kappa shape index (κ3) is 3.31. The first kappa shape index (κ1) is 16.7. The molecule has 0 aromatic heterocycles. The first-order valence-corrected chi connectivity index (χ1v) is 9.11. The molecule has 3 fully saturated rings. The smallest absolute Gasteiger partial charge is 0.409 e. The van der Waals surface area contributed by atoms with Gasteiger partial charge in [0, 0.05) is 32.2 Å². The average molecular weight is 346 g/mol. The maximum Gasteiger partial charge on any atom is 0.415 e. The van der Waals surface area contributed by atoms with Gasteiger partial charge < -0.3 is 14.5 Å². The van der Waals surface area contributed by atoms with E-state index in [0.717, 1.165) is 39.0 Å². The van der Waals surface area contributed by atoms with Crippen LogP contribution in [0.2, 0.25) is 0 Å². The molecule has 1 aromatic rings. The first-order chi connectivity index (χ1) is 12.7. The van der Waals surface area contributed by atoms with Crippen molar-refractivity contribution in [1.82, 2.24) is 9.80 Å². The predicted molar refractivity (Wildman–Crippen MR) is 102 cm³/mol. The van der Waals surface area contributed by atoms with E-state index < -0.39 is 0 Å². The first-order valence-electron chi connectivity index (χ1n) is 9.11. The van der Waals surface area contributed by atoms with Crippen molar-refractivity contribution in [1.29, 1.82) is 0 Å². The van der Waals surface area contributed by atoms with Crippen LogP contribution in [0, 0.1) is 12.3 Å². The fraction of sp³-hybridized carbons (Fsp3) is 0.318. The minimum atomic E-state index is -0.276. The highest BCUT2D eigenvalue weighted by atomic mass is 16.6. The number of hydrogen-bond donors (Lipinski definition) is 0. The SMILES string of the molecule is C#Cc1ccccc1OC(=O)N1CCN2CCC1CC2.c1cc2ccc1-2. The highest BCUT2D eigenvalue weighted by Crippen LogP contribution is 2.29. The number of amides is 1. The number of rotatable bonds is 1. The fourth-order valence-electron chi connectivity index (χ4n) is 3.62. The monoisotopic (exact) mass is 346 g/mol. The largest absolute Gasteiger partial charge is 0.415 e. The van der Waals surface area contributed by atoms with E-state index in [-0.39, 0.29) is 6.09 Å². The Morgan fingerprint density at radius 3 is 2.19 bits per heavy atom. The van der Waals surface area contributed by atoms with Crippen molar-refractivity contribution in [2.45, 2.75) is 18.9 Å². The number of carbonyl (C=O) groups is 1. The molecule has 132 valence electrons. The van der Waals surface area contributed by atoms with E-state index in [1.807, 2.05) is 17.0 Å². The maximum atomic E-state index is 12.4. The fourth-order valence-corrected chi connectivity index (χ4v) is 3.62. The third-order valence-electron chi connectivity index (χ3n) is 5.35. The average Bonchev–Trinajstić information content (AvgIpc) is 2.99. The number of carbonyl (C=O) groups excluding carboxylic acids is 1. The van der Waals surface area contributed by atoms with E-state index in [9.17, 15) is 4.79 Å².